The Morgan fingerprint density at radius 1 is 0.857 bits per heavy atom. The van der Waals surface area contributed by atoms with Gasteiger partial charge in [-0.05, 0) is 25.7 Å². The van der Waals surface area contributed by atoms with Crippen molar-refractivity contribution in [2.24, 2.45) is 0 Å². The molecule has 0 saturated carbocycles. The smallest absolute Gasteiger partial charge is 0.748 e. The van der Waals surface area contributed by atoms with E-state index in [0.717, 1.165) is 44.9 Å². The minimum Gasteiger partial charge on any atom is -0.748 e. The van der Waals surface area contributed by atoms with Gasteiger partial charge in [0.25, 0.3) is 0 Å². The van der Waals surface area contributed by atoms with Crippen LogP contribution in [0.4, 0.5) is 0 Å². The van der Waals surface area contributed by atoms with Crippen molar-refractivity contribution in [3.63, 3.8) is 0 Å². The van der Waals surface area contributed by atoms with Crippen molar-refractivity contribution in [1.82, 2.24) is 0 Å². The second-order valence-corrected chi connectivity index (χ2v) is 7.34. The summed E-state index contributed by atoms with van der Waals surface area (Å²) >= 11 is 0. The summed E-state index contributed by atoms with van der Waals surface area (Å²) in [5.41, 5.74) is 0. The molecule has 0 aromatic carbocycles. The first-order valence-corrected chi connectivity index (χ1v) is 9.51. The first kappa shape index (κ1) is 24.1. The normalized spacial score (nSPS) is 14.5. The summed E-state index contributed by atoms with van der Waals surface area (Å²) in [4.78, 5) is 0. The van der Waals surface area contributed by atoms with Crippen LogP contribution in [0.3, 0.4) is 0 Å². The van der Waals surface area contributed by atoms with Gasteiger partial charge in [-0.25, -0.2) is 8.42 Å². The summed E-state index contributed by atoms with van der Waals surface area (Å²) in [5, 5.41) is 8.96. The van der Waals surface area contributed by atoms with Crippen LogP contribution in [0.25, 0.3) is 0 Å². The van der Waals surface area contributed by atoms with Crippen LogP contribution in [0.15, 0.2) is 0 Å². The average molecular weight is 330 g/mol. The van der Waals surface area contributed by atoms with E-state index < -0.39 is 15.4 Å². The van der Waals surface area contributed by atoms with E-state index >= 15 is 0 Å². The molecule has 0 rings (SSSR count). The molecule has 0 aliphatic heterocycles. The zero-order valence-electron chi connectivity index (χ0n) is 14.0. The molecule has 0 fully saturated rings. The summed E-state index contributed by atoms with van der Waals surface area (Å²) in [6.45, 7) is 4.14. The maximum absolute atomic E-state index is 11.2. The van der Waals surface area contributed by atoms with E-state index in [4.69, 9.17) is 0 Å². The van der Waals surface area contributed by atoms with Crippen LogP contribution in [0.5, 0.6) is 0 Å². The monoisotopic (exact) mass is 330 g/mol. The van der Waals surface area contributed by atoms with Gasteiger partial charge in [-0.2, -0.15) is 0 Å². The van der Waals surface area contributed by atoms with Crippen molar-refractivity contribution in [2.75, 3.05) is 0 Å². The van der Waals surface area contributed by atoms with Crippen molar-refractivity contribution >= 4 is 10.1 Å². The molecule has 0 amide bonds. The molecular weight excluding hydrogens is 299 g/mol. The zero-order chi connectivity index (χ0) is 15.4. The fourth-order valence-electron chi connectivity index (χ4n) is 2.39. The van der Waals surface area contributed by atoms with E-state index in [1.165, 1.54) is 0 Å². The molecule has 0 aliphatic rings. The van der Waals surface area contributed by atoms with Crippen molar-refractivity contribution in [3.8, 4) is 0 Å². The molecule has 2 unspecified atom stereocenters. The van der Waals surface area contributed by atoms with Gasteiger partial charge in [-0.15, -0.1) is 0 Å². The van der Waals surface area contributed by atoms with Gasteiger partial charge in [0.15, 0.2) is 0 Å². The number of hydrogen-bond acceptors (Lipinski definition) is 4. The largest absolute Gasteiger partial charge is 1.00 e. The molecule has 1 N–H and O–H groups in total. The standard InChI is InChI=1S/C15H32O4S.Na/c1-3-5-7-12-15(20(17,18)19)13-9-8-11-14(16)10-6-4-2;/h14-16H,3-13H2,1-2H3,(H,17,18,19);/q;+1/p-1. The molecule has 4 nitrogen and oxygen atoms in total. The van der Waals surface area contributed by atoms with Crippen LogP contribution >= 0.6 is 0 Å². The second-order valence-electron chi connectivity index (χ2n) is 5.69. The van der Waals surface area contributed by atoms with Crippen LogP contribution in [0, 0.1) is 0 Å². The quantitative estimate of drug-likeness (QED) is 0.305. The SMILES string of the molecule is CCCCCC(CCCCC(O)CCCC)S(=O)(=O)[O-].[Na+]. The molecule has 0 radical (unpaired) electrons. The van der Waals surface area contributed by atoms with E-state index in [-0.39, 0.29) is 35.7 Å². The molecule has 0 aromatic rings. The topological polar surface area (TPSA) is 77.4 Å². The Morgan fingerprint density at radius 2 is 1.29 bits per heavy atom. The Balaban J connectivity index is 0. The van der Waals surface area contributed by atoms with Crippen LogP contribution in [-0.2, 0) is 10.1 Å². The molecular formula is C15H31NaO4S. The third-order valence-corrected chi connectivity index (χ3v) is 5.03. The van der Waals surface area contributed by atoms with E-state index in [0.29, 0.717) is 25.7 Å². The second kappa shape index (κ2) is 14.5. The Morgan fingerprint density at radius 3 is 1.76 bits per heavy atom. The summed E-state index contributed by atoms with van der Waals surface area (Å²) in [5.74, 6) is 0. The van der Waals surface area contributed by atoms with Crippen LogP contribution in [0.1, 0.15) is 84.5 Å². The molecule has 2 atom stereocenters. The maximum atomic E-state index is 11.2. The van der Waals surface area contributed by atoms with Gasteiger partial charge in [-0.3, -0.25) is 0 Å². The number of aliphatic hydroxyl groups excluding tert-OH is 1. The van der Waals surface area contributed by atoms with E-state index in [1.807, 2.05) is 0 Å². The molecule has 0 heterocycles. The molecule has 0 aromatic heterocycles. The van der Waals surface area contributed by atoms with Gasteiger partial charge in [0, 0.05) is 5.25 Å². The maximum Gasteiger partial charge on any atom is 1.00 e. The first-order valence-electron chi connectivity index (χ1n) is 8.04. The average Bonchev–Trinajstić information content (AvgIpc) is 2.37. The van der Waals surface area contributed by atoms with E-state index in [9.17, 15) is 18.1 Å². The molecule has 0 spiro atoms. The summed E-state index contributed by atoms with van der Waals surface area (Å²) in [6, 6.07) is 0. The summed E-state index contributed by atoms with van der Waals surface area (Å²) in [6.07, 6.45) is 8.58. The van der Waals surface area contributed by atoms with Crippen molar-refractivity contribution in [2.45, 2.75) is 95.8 Å². The molecule has 0 saturated heterocycles. The number of hydrogen-bond donors (Lipinski definition) is 1. The van der Waals surface area contributed by atoms with Crippen LogP contribution in [0.2, 0.25) is 0 Å². The third-order valence-electron chi connectivity index (χ3n) is 3.74. The number of unbranched alkanes of at least 4 members (excludes halogenated alkanes) is 4. The zero-order valence-corrected chi connectivity index (χ0v) is 16.8. The van der Waals surface area contributed by atoms with E-state index in [1.54, 1.807) is 0 Å². The van der Waals surface area contributed by atoms with Crippen molar-refractivity contribution in [3.05, 3.63) is 0 Å². The van der Waals surface area contributed by atoms with Gasteiger partial charge in [0.2, 0.25) is 0 Å². The minimum atomic E-state index is -4.17. The van der Waals surface area contributed by atoms with Gasteiger partial charge in [0.1, 0.15) is 0 Å². The Bertz CT molecular complexity index is 320. The van der Waals surface area contributed by atoms with Crippen LogP contribution in [-0.4, -0.2) is 29.4 Å². The van der Waals surface area contributed by atoms with Gasteiger partial charge < -0.3 is 9.66 Å². The van der Waals surface area contributed by atoms with Crippen molar-refractivity contribution < 1.29 is 47.6 Å². The molecule has 0 aliphatic carbocycles. The van der Waals surface area contributed by atoms with Crippen molar-refractivity contribution in [1.29, 1.82) is 0 Å². The molecule has 21 heavy (non-hydrogen) atoms. The molecule has 6 heteroatoms. The van der Waals surface area contributed by atoms with Gasteiger partial charge in [-0.1, -0.05) is 58.8 Å². The van der Waals surface area contributed by atoms with Crippen LogP contribution < -0.4 is 29.6 Å². The fraction of sp³-hybridized carbons (Fsp3) is 1.00. The Kier molecular flexibility index (Phi) is 16.6. The van der Waals surface area contributed by atoms with E-state index in [2.05, 4.69) is 13.8 Å². The first-order chi connectivity index (χ1) is 9.41. The third kappa shape index (κ3) is 14.2. The van der Waals surface area contributed by atoms with Gasteiger partial charge >= 0.3 is 29.6 Å². The Hall–Kier alpha value is 0.870. The Labute approximate surface area is 153 Å². The number of rotatable bonds is 13. The minimum absolute atomic E-state index is 0. The summed E-state index contributed by atoms with van der Waals surface area (Å²) < 4.78 is 33.6. The molecule has 0 bridgehead atoms. The van der Waals surface area contributed by atoms with Gasteiger partial charge in [0.05, 0.1) is 16.2 Å². The summed E-state index contributed by atoms with van der Waals surface area (Å²) in [7, 11) is -4.17. The predicted octanol–water partition coefficient (Wildman–Crippen LogP) is 0.596. The number of aliphatic hydroxyl groups is 1. The predicted molar refractivity (Wildman–Crippen MR) is 81.6 cm³/mol. The molecule has 122 valence electrons. The fourth-order valence-corrected chi connectivity index (χ4v) is 3.30.